The number of benzene rings is 1. The van der Waals surface area contributed by atoms with E-state index in [1.807, 2.05) is 6.92 Å². The summed E-state index contributed by atoms with van der Waals surface area (Å²) >= 11 is 14.2. The number of thiocarbonyl (C=S) groups is 1. The second-order valence-corrected chi connectivity index (χ2v) is 5.64. The Morgan fingerprint density at radius 3 is 2.78 bits per heavy atom. The zero-order chi connectivity index (χ0) is 13.7. The van der Waals surface area contributed by atoms with Crippen molar-refractivity contribution in [1.29, 1.82) is 0 Å². The molecule has 0 aliphatic heterocycles. The second-order valence-electron chi connectivity index (χ2n) is 3.84. The minimum atomic E-state index is -0.294. The summed E-state index contributed by atoms with van der Waals surface area (Å²) in [6.07, 6.45) is 1.60. The van der Waals surface area contributed by atoms with Gasteiger partial charge in [0.15, 0.2) is 0 Å². The van der Waals surface area contributed by atoms with Gasteiger partial charge in [-0.15, -0.1) is 0 Å². The summed E-state index contributed by atoms with van der Waals surface area (Å²) < 4.78 is 0.823. The standard InChI is InChI=1S/C12H14BrClN2OS/c1-2-3-10(11(15)18)16-12(17)8-5-4-7(13)6-9(8)14/h4-6,10H,2-3H2,1H3,(H2,15,18)(H,16,17). The van der Waals surface area contributed by atoms with Gasteiger partial charge in [0, 0.05) is 4.47 Å². The summed E-state index contributed by atoms with van der Waals surface area (Å²) in [6, 6.07) is 4.80. The van der Waals surface area contributed by atoms with E-state index in [1.165, 1.54) is 0 Å². The van der Waals surface area contributed by atoms with Crippen molar-refractivity contribution in [3.8, 4) is 0 Å². The van der Waals surface area contributed by atoms with Gasteiger partial charge >= 0.3 is 0 Å². The van der Waals surface area contributed by atoms with Gasteiger partial charge in [0.05, 0.1) is 21.6 Å². The van der Waals surface area contributed by atoms with Gasteiger partial charge in [0.2, 0.25) is 0 Å². The molecular weight excluding hydrogens is 336 g/mol. The quantitative estimate of drug-likeness (QED) is 0.802. The van der Waals surface area contributed by atoms with E-state index in [1.54, 1.807) is 18.2 Å². The molecule has 1 aromatic rings. The van der Waals surface area contributed by atoms with Gasteiger partial charge in [-0.2, -0.15) is 0 Å². The highest BCUT2D eigenvalue weighted by Gasteiger charge is 2.17. The average molecular weight is 350 g/mol. The number of carbonyl (C=O) groups is 1. The molecule has 1 atom stereocenters. The predicted molar refractivity (Wildman–Crippen MR) is 82.1 cm³/mol. The van der Waals surface area contributed by atoms with Gasteiger partial charge in [-0.3, -0.25) is 4.79 Å². The van der Waals surface area contributed by atoms with Crippen molar-refractivity contribution in [2.75, 3.05) is 0 Å². The van der Waals surface area contributed by atoms with Crippen LogP contribution in [0, 0.1) is 0 Å². The lowest BCUT2D eigenvalue weighted by molar-refractivity contribution is 0.0946. The Balaban J connectivity index is 2.83. The largest absolute Gasteiger partial charge is 0.392 e. The third kappa shape index (κ3) is 4.23. The SMILES string of the molecule is CCCC(NC(=O)c1ccc(Br)cc1Cl)C(N)=S. The van der Waals surface area contributed by atoms with Crippen molar-refractivity contribution in [2.45, 2.75) is 25.8 Å². The van der Waals surface area contributed by atoms with Crippen LogP contribution in [0.25, 0.3) is 0 Å². The van der Waals surface area contributed by atoms with Crippen molar-refractivity contribution in [2.24, 2.45) is 5.73 Å². The van der Waals surface area contributed by atoms with Crippen LogP contribution >= 0.6 is 39.7 Å². The van der Waals surface area contributed by atoms with E-state index in [0.29, 0.717) is 15.6 Å². The first-order valence-corrected chi connectivity index (χ1v) is 7.08. The summed E-state index contributed by atoms with van der Waals surface area (Å²) in [5.74, 6) is -0.265. The average Bonchev–Trinajstić information content (AvgIpc) is 2.27. The Bertz CT molecular complexity index is 467. The van der Waals surface area contributed by atoms with Crippen LogP contribution in [0.4, 0.5) is 0 Å². The van der Waals surface area contributed by atoms with E-state index in [2.05, 4.69) is 21.2 Å². The molecule has 3 nitrogen and oxygen atoms in total. The third-order valence-electron chi connectivity index (χ3n) is 2.40. The van der Waals surface area contributed by atoms with Crippen LogP contribution in [0.2, 0.25) is 5.02 Å². The van der Waals surface area contributed by atoms with E-state index in [4.69, 9.17) is 29.6 Å². The number of nitrogens with two attached hydrogens (primary N) is 1. The molecule has 0 aromatic heterocycles. The lowest BCUT2D eigenvalue weighted by atomic mass is 10.1. The van der Waals surface area contributed by atoms with Crippen molar-refractivity contribution in [3.63, 3.8) is 0 Å². The molecule has 0 bridgehead atoms. The molecule has 0 fully saturated rings. The Kier molecular flexibility index (Phi) is 6.05. The van der Waals surface area contributed by atoms with Crippen LogP contribution in [-0.4, -0.2) is 16.9 Å². The predicted octanol–water partition coefficient (Wildman–Crippen LogP) is 3.29. The molecule has 0 saturated heterocycles. The molecule has 0 aliphatic carbocycles. The smallest absolute Gasteiger partial charge is 0.253 e. The first-order chi connectivity index (χ1) is 8.45. The number of amides is 1. The highest BCUT2D eigenvalue weighted by Crippen LogP contribution is 2.21. The fourth-order valence-electron chi connectivity index (χ4n) is 1.48. The maximum atomic E-state index is 12.0. The third-order valence-corrected chi connectivity index (χ3v) is 3.49. The van der Waals surface area contributed by atoms with Crippen LogP contribution in [-0.2, 0) is 0 Å². The molecule has 1 unspecified atom stereocenters. The summed E-state index contributed by atoms with van der Waals surface area (Å²) in [5.41, 5.74) is 6.00. The van der Waals surface area contributed by atoms with Gasteiger partial charge in [0.25, 0.3) is 5.91 Å². The van der Waals surface area contributed by atoms with Gasteiger partial charge < -0.3 is 11.1 Å². The molecule has 0 spiro atoms. The normalized spacial score (nSPS) is 11.9. The van der Waals surface area contributed by atoms with Gasteiger partial charge in [-0.1, -0.05) is 53.1 Å². The van der Waals surface area contributed by atoms with Crippen LogP contribution < -0.4 is 11.1 Å². The zero-order valence-electron chi connectivity index (χ0n) is 9.87. The van der Waals surface area contributed by atoms with Crippen LogP contribution in [0.15, 0.2) is 22.7 Å². The minimum Gasteiger partial charge on any atom is -0.392 e. The molecule has 18 heavy (non-hydrogen) atoms. The summed E-state index contributed by atoms with van der Waals surface area (Å²) in [7, 11) is 0. The molecule has 1 rings (SSSR count). The van der Waals surface area contributed by atoms with Crippen LogP contribution in [0.5, 0.6) is 0 Å². The molecule has 1 aromatic carbocycles. The number of hydrogen-bond acceptors (Lipinski definition) is 2. The van der Waals surface area contributed by atoms with Crippen LogP contribution in [0.1, 0.15) is 30.1 Å². The number of rotatable bonds is 5. The molecule has 3 N–H and O–H groups in total. The summed E-state index contributed by atoms with van der Waals surface area (Å²) in [5, 5.41) is 3.18. The van der Waals surface area contributed by atoms with E-state index in [-0.39, 0.29) is 11.9 Å². The number of carbonyl (C=O) groups excluding carboxylic acids is 1. The second kappa shape index (κ2) is 7.07. The van der Waals surface area contributed by atoms with Gasteiger partial charge in [-0.25, -0.2) is 0 Å². The van der Waals surface area contributed by atoms with E-state index in [9.17, 15) is 4.79 Å². The lowest BCUT2D eigenvalue weighted by Gasteiger charge is -2.17. The topological polar surface area (TPSA) is 55.1 Å². The fraction of sp³-hybridized carbons (Fsp3) is 0.333. The summed E-state index contributed by atoms with van der Waals surface area (Å²) in [4.78, 5) is 12.3. The van der Waals surface area contributed by atoms with Crippen molar-refractivity contribution < 1.29 is 4.79 Å². The maximum absolute atomic E-state index is 12.0. The lowest BCUT2D eigenvalue weighted by Crippen LogP contribution is -2.43. The molecule has 0 aliphatic rings. The van der Waals surface area contributed by atoms with E-state index < -0.39 is 0 Å². The molecule has 0 radical (unpaired) electrons. The van der Waals surface area contributed by atoms with E-state index in [0.717, 1.165) is 17.3 Å². The molecule has 0 heterocycles. The molecule has 6 heteroatoms. The highest BCUT2D eigenvalue weighted by molar-refractivity contribution is 9.10. The van der Waals surface area contributed by atoms with Gasteiger partial charge in [-0.05, 0) is 24.6 Å². The fourth-order valence-corrected chi connectivity index (χ4v) is 2.42. The van der Waals surface area contributed by atoms with Crippen molar-refractivity contribution >= 4 is 50.6 Å². The first-order valence-electron chi connectivity index (χ1n) is 5.51. The first kappa shape index (κ1) is 15.4. The van der Waals surface area contributed by atoms with Crippen LogP contribution in [0.3, 0.4) is 0 Å². The molecule has 98 valence electrons. The van der Waals surface area contributed by atoms with Crippen molar-refractivity contribution in [3.05, 3.63) is 33.3 Å². The molecule has 1 amide bonds. The maximum Gasteiger partial charge on any atom is 0.253 e. The number of nitrogens with one attached hydrogen (secondary N) is 1. The Labute approximate surface area is 125 Å². The monoisotopic (exact) mass is 348 g/mol. The summed E-state index contributed by atoms with van der Waals surface area (Å²) in [6.45, 7) is 2.00. The number of hydrogen-bond donors (Lipinski definition) is 2. The Morgan fingerprint density at radius 1 is 1.61 bits per heavy atom. The molecular formula is C12H14BrClN2OS. The Morgan fingerprint density at radius 2 is 2.28 bits per heavy atom. The number of halogens is 2. The Hall–Kier alpha value is -0.650. The zero-order valence-corrected chi connectivity index (χ0v) is 13.0. The van der Waals surface area contributed by atoms with Gasteiger partial charge in [0.1, 0.15) is 0 Å². The minimum absolute atomic E-state index is 0.265. The highest BCUT2D eigenvalue weighted by atomic mass is 79.9. The van der Waals surface area contributed by atoms with E-state index >= 15 is 0 Å². The van der Waals surface area contributed by atoms with Crippen molar-refractivity contribution in [1.82, 2.24) is 5.32 Å². The molecule has 0 saturated carbocycles.